The van der Waals surface area contributed by atoms with Crippen LogP contribution in [-0.2, 0) is 14.3 Å². The van der Waals surface area contributed by atoms with Crippen molar-refractivity contribution in [2.75, 3.05) is 6.61 Å². The van der Waals surface area contributed by atoms with Crippen molar-refractivity contribution >= 4 is 18.1 Å². The topological polar surface area (TPSA) is 77.5 Å². The third kappa shape index (κ3) is 5.13. The second kappa shape index (κ2) is 10.3. The summed E-state index contributed by atoms with van der Waals surface area (Å²) in [5.74, 6) is 0.144. The summed E-state index contributed by atoms with van der Waals surface area (Å²) in [6.45, 7) is 6.41. The fourth-order valence-electron chi connectivity index (χ4n) is 7.12. The van der Waals surface area contributed by atoms with Crippen molar-refractivity contribution in [3.05, 3.63) is 60.2 Å². The number of esters is 1. The van der Waals surface area contributed by atoms with Gasteiger partial charge in [0.15, 0.2) is 0 Å². The fourth-order valence-corrected chi connectivity index (χ4v) is 7.12. The van der Waals surface area contributed by atoms with Gasteiger partial charge in [-0.15, -0.1) is 0 Å². The van der Waals surface area contributed by atoms with Crippen LogP contribution in [0.2, 0.25) is 0 Å². The predicted octanol–water partition coefficient (Wildman–Crippen LogP) is 6.02. The Morgan fingerprint density at radius 3 is 2.81 bits per heavy atom. The molecule has 7 heteroatoms. The van der Waals surface area contributed by atoms with Crippen LogP contribution in [0.25, 0.3) is 17.2 Å². The van der Waals surface area contributed by atoms with Crippen molar-refractivity contribution in [2.45, 2.75) is 58.6 Å². The molecule has 1 N–H and O–H groups in total. The van der Waals surface area contributed by atoms with Crippen LogP contribution in [0, 0.1) is 34.9 Å². The quantitative estimate of drug-likeness (QED) is 0.502. The summed E-state index contributed by atoms with van der Waals surface area (Å²) in [5, 5.41) is 3.02. The first kappa shape index (κ1) is 25.4. The average Bonchev–Trinajstić information content (AvgIpc) is 3.14. The van der Waals surface area contributed by atoms with E-state index >= 15 is 0 Å². The van der Waals surface area contributed by atoms with E-state index in [-0.39, 0.29) is 53.2 Å². The van der Waals surface area contributed by atoms with Gasteiger partial charge in [-0.05, 0) is 86.6 Å². The highest BCUT2D eigenvalue weighted by Gasteiger charge is 2.58. The highest BCUT2D eigenvalue weighted by molar-refractivity contribution is 5.76. The summed E-state index contributed by atoms with van der Waals surface area (Å²) in [6.07, 6.45) is 8.95. The van der Waals surface area contributed by atoms with Crippen LogP contribution < -0.4 is 5.32 Å². The normalized spacial score (nSPS) is 32.9. The van der Waals surface area contributed by atoms with Gasteiger partial charge in [0.2, 0.25) is 0 Å². The van der Waals surface area contributed by atoms with Crippen LogP contribution >= 0.6 is 0 Å². The number of carbonyl (C=O) groups is 2. The molecule has 1 saturated heterocycles. The molecule has 2 heterocycles. The number of benzene rings is 1. The van der Waals surface area contributed by atoms with E-state index in [0.717, 1.165) is 42.5 Å². The third-order valence-corrected chi connectivity index (χ3v) is 8.67. The number of carbonyl (C=O) groups excluding carboxylic acids is 2. The van der Waals surface area contributed by atoms with Gasteiger partial charge in [0, 0.05) is 23.7 Å². The van der Waals surface area contributed by atoms with E-state index in [1.165, 1.54) is 12.1 Å². The lowest BCUT2D eigenvalue weighted by atomic mass is 9.50. The highest BCUT2D eigenvalue weighted by Crippen LogP contribution is 2.59. The molecule has 1 aromatic heterocycles. The summed E-state index contributed by atoms with van der Waals surface area (Å²) in [5.41, 5.74) is 2.37. The van der Waals surface area contributed by atoms with E-state index in [2.05, 4.69) is 23.3 Å². The summed E-state index contributed by atoms with van der Waals surface area (Å²) >= 11 is 0. The first-order valence-corrected chi connectivity index (χ1v) is 13.3. The number of allylic oxidation sites excluding steroid dienone is 1. The van der Waals surface area contributed by atoms with Gasteiger partial charge in [0.1, 0.15) is 11.9 Å². The number of amides is 1. The van der Waals surface area contributed by atoms with Crippen LogP contribution in [0.15, 0.2) is 48.7 Å². The maximum Gasteiger partial charge on any atom is 0.407 e. The van der Waals surface area contributed by atoms with Gasteiger partial charge < -0.3 is 14.8 Å². The zero-order chi connectivity index (χ0) is 26.2. The molecule has 2 aromatic rings. The number of alkyl carbamates (subject to hydrolysis) is 1. The smallest absolute Gasteiger partial charge is 0.407 e. The molecule has 37 heavy (non-hydrogen) atoms. The number of ether oxygens (including phenoxy) is 2. The monoisotopic (exact) mass is 506 g/mol. The van der Waals surface area contributed by atoms with Gasteiger partial charge in [-0.3, -0.25) is 9.78 Å². The minimum Gasteiger partial charge on any atom is -0.462 e. The number of nitrogens with zero attached hydrogens (tertiary/aromatic N) is 1. The standard InChI is InChI=1S/C30H35FN2O4/c1-4-36-29(35)33-23-11-13-26-24(27-18(2)37-28(34)25(27)16-30(26,3)15-23)12-10-22-9-8-20(17-32-22)19-6-5-7-21(31)14-19/h5-10,12,14,17-18,23-27H,4,11,13,15-16H2,1-3H3,(H,33,35)/b12-10+/t18-,23?,24+,25-,26+,27+,30+/m1/s1. The zero-order valence-corrected chi connectivity index (χ0v) is 21.7. The molecule has 1 unspecified atom stereocenters. The SMILES string of the molecule is CCOC(=O)NC1CC[C@H]2[C@H](/C=C/c3ccc(-c4cccc(F)c4)cn3)[C@@H]3[C@@H](C)OC(=O)[C@@H]3C[C@]2(C)C1. The van der Waals surface area contributed by atoms with Gasteiger partial charge in [-0.2, -0.15) is 0 Å². The summed E-state index contributed by atoms with van der Waals surface area (Å²) in [6, 6.07) is 10.4. The molecular formula is C30H35FN2O4. The van der Waals surface area contributed by atoms with Crippen LogP contribution in [-0.4, -0.2) is 35.8 Å². The van der Waals surface area contributed by atoms with Crippen molar-refractivity contribution in [3.63, 3.8) is 0 Å². The Hall–Kier alpha value is -3.22. The van der Waals surface area contributed by atoms with E-state index in [4.69, 9.17) is 9.47 Å². The van der Waals surface area contributed by atoms with Crippen molar-refractivity contribution < 1.29 is 23.5 Å². The second-order valence-electron chi connectivity index (χ2n) is 11.1. The van der Waals surface area contributed by atoms with Crippen molar-refractivity contribution in [1.29, 1.82) is 0 Å². The molecule has 3 aliphatic rings. The number of nitrogens with one attached hydrogen (secondary N) is 1. The van der Waals surface area contributed by atoms with E-state index in [0.29, 0.717) is 12.5 Å². The van der Waals surface area contributed by atoms with Crippen molar-refractivity contribution in [2.24, 2.45) is 29.1 Å². The van der Waals surface area contributed by atoms with Crippen molar-refractivity contribution in [1.82, 2.24) is 10.3 Å². The molecule has 3 fully saturated rings. The molecule has 2 saturated carbocycles. The summed E-state index contributed by atoms with van der Waals surface area (Å²) < 4.78 is 24.5. The van der Waals surface area contributed by atoms with Crippen LogP contribution in [0.4, 0.5) is 9.18 Å². The number of pyridine rings is 1. The molecular weight excluding hydrogens is 471 g/mol. The van der Waals surface area contributed by atoms with E-state index in [9.17, 15) is 14.0 Å². The molecule has 0 spiro atoms. The van der Waals surface area contributed by atoms with Gasteiger partial charge in [-0.25, -0.2) is 9.18 Å². The number of aromatic nitrogens is 1. The fraction of sp³-hybridized carbons (Fsp3) is 0.500. The van der Waals surface area contributed by atoms with Gasteiger partial charge >= 0.3 is 12.1 Å². The Labute approximate surface area is 217 Å². The van der Waals surface area contributed by atoms with Crippen LogP contribution in [0.3, 0.4) is 0 Å². The zero-order valence-electron chi connectivity index (χ0n) is 21.7. The number of halogens is 1. The molecule has 196 valence electrons. The molecule has 0 radical (unpaired) electrons. The third-order valence-electron chi connectivity index (χ3n) is 8.67. The van der Waals surface area contributed by atoms with Crippen LogP contribution in [0.5, 0.6) is 0 Å². The average molecular weight is 507 g/mol. The van der Waals surface area contributed by atoms with Crippen molar-refractivity contribution in [3.8, 4) is 11.1 Å². The molecule has 1 amide bonds. The number of fused-ring (bicyclic) bond motifs is 2. The van der Waals surface area contributed by atoms with Gasteiger partial charge in [-0.1, -0.05) is 31.2 Å². The Kier molecular flexibility index (Phi) is 7.06. The lowest BCUT2D eigenvalue weighted by molar-refractivity contribution is -0.145. The Morgan fingerprint density at radius 1 is 1.24 bits per heavy atom. The number of rotatable bonds is 5. The minimum absolute atomic E-state index is 0.0355. The number of hydrogen-bond acceptors (Lipinski definition) is 5. The molecule has 2 aliphatic carbocycles. The summed E-state index contributed by atoms with van der Waals surface area (Å²) in [7, 11) is 0. The predicted molar refractivity (Wildman–Crippen MR) is 139 cm³/mol. The minimum atomic E-state index is -0.374. The van der Waals surface area contributed by atoms with Crippen LogP contribution in [0.1, 0.15) is 52.1 Å². The molecule has 7 atom stereocenters. The number of hydrogen-bond donors (Lipinski definition) is 1. The first-order chi connectivity index (χ1) is 17.8. The summed E-state index contributed by atoms with van der Waals surface area (Å²) in [4.78, 5) is 29.5. The molecule has 5 rings (SSSR count). The van der Waals surface area contributed by atoms with Gasteiger partial charge in [0.25, 0.3) is 0 Å². The lowest BCUT2D eigenvalue weighted by Crippen LogP contribution is -2.53. The Balaban J connectivity index is 1.38. The lowest BCUT2D eigenvalue weighted by Gasteiger charge is -2.54. The highest BCUT2D eigenvalue weighted by atomic mass is 19.1. The molecule has 1 aromatic carbocycles. The largest absolute Gasteiger partial charge is 0.462 e. The first-order valence-electron chi connectivity index (χ1n) is 13.3. The maximum absolute atomic E-state index is 13.6. The maximum atomic E-state index is 13.6. The van der Waals surface area contributed by atoms with Gasteiger partial charge in [0.05, 0.1) is 18.2 Å². The second-order valence-corrected chi connectivity index (χ2v) is 11.1. The molecule has 0 bridgehead atoms. The number of cyclic esters (lactones) is 1. The van der Waals surface area contributed by atoms with E-state index < -0.39 is 0 Å². The molecule has 6 nitrogen and oxygen atoms in total. The Bertz CT molecular complexity index is 1180. The Morgan fingerprint density at radius 2 is 2.08 bits per heavy atom. The van der Waals surface area contributed by atoms with E-state index in [1.54, 1.807) is 19.2 Å². The van der Waals surface area contributed by atoms with E-state index in [1.807, 2.05) is 31.2 Å². The molecule has 1 aliphatic heterocycles.